The van der Waals surface area contributed by atoms with Gasteiger partial charge in [0, 0.05) is 12.6 Å². The molecule has 1 rings (SSSR count). The minimum absolute atomic E-state index is 0.332. The van der Waals surface area contributed by atoms with E-state index in [1.54, 1.807) is 0 Å². The highest BCUT2D eigenvalue weighted by atomic mass is 16.4. The van der Waals surface area contributed by atoms with Crippen LogP contribution in [0.5, 0.6) is 0 Å². The highest BCUT2D eigenvalue weighted by molar-refractivity contribution is 5.79. The van der Waals surface area contributed by atoms with E-state index in [1.165, 1.54) is 0 Å². The van der Waals surface area contributed by atoms with Gasteiger partial charge in [0.2, 0.25) is 0 Å². The first-order valence-corrected chi connectivity index (χ1v) is 5.20. The number of likely N-dealkylation sites (tertiary alicyclic amines) is 1. The average Bonchev–Trinajstić information content (AvgIpc) is 2.12. The van der Waals surface area contributed by atoms with Gasteiger partial charge in [-0.15, -0.1) is 0 Å². The topological polar surface area (TPSA) is 52.6 Å². The summed E-state index contributed by atoms with van der Waals surface area (Å²) in [5.41, 5.74) is -0.694. The third kappa shape index (κ3) is 2.07. The second-order valence-corrected chi connectivity index (χ2v) is 4.20. The van der Waals surface area contributed by atoms with E-state index in [-0.39, 0.29) is 0 Å². The molecular formula is C10H20N2O2. The van der Waals surface area contributed by atoms with Crippen molar-refractivity contribution in [1.29, 1.82) is 0 Å². The van der Waals surface area contributed by atoms with E-state index in [9.17, 15) is 9.90 Å². The Morgan fingerprint density at radius 2 is 2.36 bits per heavy atom. The van der Waals surface area contributed by atoms with Gasteiger partial charge < -0.3 is 15.3 Å². The molecule has 1 fully saturated rings. The molecule has 14 heavy (non-hydrogen) atoms. The number of nitrogens with one attached hydrogen (secondary N) is 1. The van der Waals surface area contributed by atoms with Gasteiger partial charge in [0.15, 0.2) is 0 Å². The van der Waals surface area contributed by atoms with Crippen LogP contribution in [0.25, 0.3) is 0 Å². The molecule has 0 saturated carbocycles. The highest BCUT2D eigenvalue weighted by Gasteiger charge is 2.42. The Balaban J connectivity index is 2.74. The largest absolute Gasteiger partial charge is 0.480 e. The highest BCUT2D eigenvalue weighted by Crippen LogP contribution is 2.26. The molecular weight excluding hydrogens is 180 g/mol. The molecule has 0 amide bonds. The third-order valence-electron chi connectivity index (χ3n) is 3.21. The molecule has 0 aromatic carbocycles. The van der Waals surface area contributed by atoms with Crippen molar-refractivity contribution in [3.63, 3.8) is 0 Å². The molecule has 1 saturated heterocycles. The van der Waals surface area contributed by atoms with E-state index >= 15 is 0 Å². The number of hydrogen-bond donors (Lipinski definition) is 2. The van der Waals surface area contributed by atoms with Crippen LogP contribution >= 0.6 is 0 Å². The molecule has 0 spiro atoms. The zero-order chi connectivity index (χ0) is 10.8. The standard InChI is InChI=1S/C10H20N2O2/c1-4-11-10(9(13)14)5-6-12(3)8(2)7-10/h8,11H,4-7H2,1-3H3,(H,13,14). The smallest absolute Gasteiger partial charge is 0.324 e. The van der Waals surface area contributed by atoms with Crippen molar-refractivity contribution in [3.8, 4) is 0 Å². The van der Waals surface area contributed by atoms with Gasteiger partial charge >= 0.3 is 5.97 Å². The molecule has 0 aromatic heterocycles. The fraction of sp³-hybridized carbons (Fsp3) is 0.900. The van der Waals surface area contributed by atoms with Gasteiger partial charge in [-0.25, -0.2) is 0 Å². The average molecular weight is 200 g/mol. The van der Waals surface area contributed by atoms with Crippen molar-refractivity contribution in [1.82, 2.24) is 10.2 Å². The molecule has 2 unspecified atom stereocenters. The monoisotopic (exact) mass is 200 g/mol. The Hall–Kier alpha value is -0.610. The molecule has 4 nitrogen and oxygen atoms in total. The zero-order valence-electron chi connectivity index (χ0n) is 9.21. The molecule has 0 aromatic rings. The van der Waals surface area contributed by atoms with Gasteiger partial charge in [-0.1, -0.05) is 6.92 Å². The summed E-state index contributed by atoms with van der Waals surface area (Å²) in [6, 6.07) is 0.332. The first-order chi connectivity index (χ1) is 6.52. The van der Waals surface area contributed by atoms with E-state index in [2.05, 4.69) is 17.1 Å². The summed E-state index contributed by atoms with van der Waals surface area (Å²) in [6.45, 7) is 5.59. The van der Waals surface area contributed by atoms with E-state index < -0.39 is 11.5 Å². The van der Waals surface area contributed by atoms with Crippen LogP contribution in [0.2, 0.25) is 0 Å². The van der Waals surface area contributed by atoms with Crippen molar-refractivity contribution < 1.29 is 9.90 Å². The Morgan fingerprint density at radius 1 is 1.71 bits per heavy atom. The van der Waals surface area contributed by atoms with Gasteiger partial charge in [-0.3, -0.25) is 4.79 Å². The van der Waals surface area contributed by atoms with Gasteiger partial charge in [-0.2, -0.15) is 0 Å². The molecule has 1 aliphatic heterocycles. The summed E-state index contributed by atoms with van der Waals surface area (Å²) in [4.78, 5) is 13.4. The number of carbonyl (C=O) groups is 1. The number of nitrogens with zero attached hydrogens (tertiary/aromatic N) is 1. The van der Waals surface area contributed by atoms with Crippen LogP contribution in [-0.4, -0.2) is 47.7 Å². The summed E-state index contributed by atoms with van der Waals surface area (Å²) in [5.74, 6) is -0.709. The molecule has 2 atom stereocenters. The first kappa shape index (κ1) is 11.5. The molecule has 4 heteroatoms. The van der Waals surface area contributed by atoms with Crippen LogP contribution < -0.4 is 5.32 Å². The Morgan fingerprint density at radius 3 is 2.79 bits per heavy atom. The summed E-state index contributed by atoms with van der Waals surface area (Å²) in [6.07, 6.45) is 1.38. The van der Waals surface area contributed by atoms with E-state index in [1.807, 2.05) is 14.0 Å². The maximum atomic E-state index is 11.2. The normalized spacial score (nSPS) is 34.4. The van der Waals surface area contributed by atoms with Gasteiger partial charge in [0.25, 0.3) is 0 Å². The van der Waals surface area contributed by atoms with Crippen LogP contribution in [0.3, 0.4) is 0 Å². The van der Waals surface area contributed by atoms with E-state index in [0.29, 0.717) is 25.4 Å². The van der Waals surface area contributed by atoms with Crippen LogP contribution in [0.15, 0.2) is 0 Å². The first-order valence-electron chi connectivity index (χ1n) is 5.20. The molecule has 0 bridgehead atoms. The molecule has 2 N–H and O–H groups in total. The van der Waals surface area contributed by atoms with Crippen LogP contribution in [0, 0.1) is 0 Å². The maximum absolute atomic E-state index is 11.2. The van der Waals surface area contributed by atoms with Crippen LogP contribution in [-0.2, 0) is 4.79 Å². The lowest BCUT2D eigenvalue weighted by molar-refractivity contribution is -0.147. The number of piperidine rings is 1. The number of carboxylic acids is 1. The van der Waals surface area contributed by atoms with E-state index in [0.717, 1.165) is 6.54 Å². The van der Waals surface area contributed by atoms with Gasteiger partial charge in [0.05, 0.1) is 0 Å². The van der Waals surface area contributed by atoms with Crippen molar-refractivity contribution in [2.75, 3.05) is 20.1 Å². The number of rotatable bonds is 3. The van der Waals surface area contributed by atoms with Crippen LogP contribution in [0.1, 0.15) is 26.7 Å². The Labute approximate surface area is 85.3 Å². The Bertz CT molecular complexity index is 220. The SMILES string of the molecule is CCNC1(C(=O)O)CCN(C)C(C)C1. The molecule has 1 aliphatic rings. The van der Waals surface area contributed by atoms with Crippen molar-refractivity contribution in [2.45, 2.75) is 38.3 Å². The second-order valence-electron chi connectivity index (χ2n) is 4.20. The molecule has 0 aliphatic carbocycles. The predicted molar refractivity (Wildman–Crippen MR) is 55.4 cm³/mol. The lowest BCUT2D eigenvalue weighted by Gasteiger charge is -2.42. The predicted octanol–water partition coefficient (Wildman–Crippen LogP) is 0.533. The van der Waals surface area contributed by atoms with Crippen LogP contribution in [0.4, 0.5) is 0 Å². The summed E-state index contributed by atoms with van der Waals surface area (Å²) in [7, 11) is 2.04. The minimum atomic E-state index is -0.709. The van der Waals surface area contributed by atoms with Gasteiger partial charge in [0.1, 0.15) is 5.54 Å². The minimum Gasteiger partial charge on any atom is -0.480 e. The fourth-order valence-electron chi connectivity index (χ4n) is 2.12. The van der Waals surface area contributed by atoms with E-state index in [4.69, 9.17) is 0 Å². The fourth-order valence-corrected chi connectivity index (χ4v) is 2.12. The molecule has 1 heterocycles. The lowest BCUT2D eigenvalue weighted by Crippen LogP contribution is -2.60. The summed E-state index contributed by atoms with van der Waals surface area (Å²) >= 11 is 0. The Kier molecular flexibility index (Phi) is 3.50. The number of aliphatic carboxylic acids is 1. The quantitative estimate of drug-likeness (QED) is 0.698. The summed E-state index contributed by atoms with van der Waals surface area (Å²) < 4.78 is 0. The van der Waals surface area contributed by atoms with Crippen molar-refractivity contribution in [3.05, 3.63) is 0 Å². The molecule has 0 radical (unpaired) electrons. The zero-order valence-corrected chi connectivity index (χ0v) is 9.21. The number of likely N-dealkylation sites (N-methyl/N-ethyl adjacent to an activating group) is 1. The lowest BCUT2D eigenvalue weighted by atomic mass is 9.84. The number of carboxylic acid groups (broad SMARTS) is 1. The number of hydrogen-bond acceptors (Lipinski definition) is 3. The van der Waals surface area contributed by atoms with Crippen molar-refractivity contribution in [2.24, 2.45) is 0 Å². The third-order valence-corrected chi connectivity index (χ3v) is 3.21. The summed E-state index contributed by atoms with van der Waals surface area (Å²) in [5, 5.41) is 12.4. The van der Waals surface area contributed by atoms with Crippen molar-refractivity contribution >= 4 is 5.97 Å². The maximum Gasteiger partial charge on any atom is 0.324 e. The second kappa shape index (κ2) is 4.28. The molecule has 82 valence electrons. The van der Waals surface area contributed by atoms with Gasteiger partial charge in [-0.05, 0) is 33.4 Å².